The van der Waals surface area contributed by atoms with Gasteiger partial charge in [0, 0.05) is 25.2 Å². The van der Waals surface area contributed by atoms with E-state index in [1.165, 1.54) is 0 Å². The van der Waals surface area contributed by atoms with Crippen LogP contribution in [-0.2, 0) is 4.79 Å². The number of piperidine rings is 1. The monoisotopic (exact) mass is 275 g/mol. The normalized spacial score (nSPS) is 24.1. The second kappa shape index (κ2) is 4.72. The van der Waals surface area contributed by atoms with Crippen LogP contribution in [0.15, 0.2) is 12.3 Å². The molecule has 1 aliphatic carbocycles. The van der Waals surface area contributed by atoms with Crippen LogP contribution in [0.3, 0.4) is 0 Å². The Morgan fingerprint density at radius 3 is 2.70 bits per heavy atom. The van der Waals surface area contributed by atoms with Gasteiger partial charge in [0.15, 0.2) is 0 Å². The zero-order valence-electron chi connectivity index (χ0n) is 12.0. The summed E-state index contributed by atoms with van der Waals surface area (Å²) in [6, 6.07) is 1.95. The topological polar surface area (TPSA) is 66.3 Å². The Hall–Kier alpha value is -1.65. The van der Waals surface area contributed by atoms with Gasteiger partial charge < -0.3 is 10.0 Å². The van der Waals surface area contributed by atoms with E-state index in [1.54, 1.807) is 0 Å². The molecule has 0 aromatic carbocycles. The zero-order valence-corrected chi connectivity index (χ0v) is 12.0. The number of carboxylic acids is 1. The lowest BCUT2D eigenvalue weighted by molar-refractivity contribution is -0.139. The predicted molar refractivity (Wildman–Crippen MR) is 75.7 cm³/mol. The predicted octanol–water partition coefficient (Wildman–Crippen LogP) is 2.29. The number of carboxylic acid groups (broad SMARTS) is 1. The Bertz CT molecular complexity index is 522. The molecule has 1 saturated carbocycles. The van der Waals surface area contributed by atoms with Gasteiger partial charge in [0.2, 0.25) is 0 Å². The Balaban J connectivity index is 1.67. The summed E-state index contributed by atoms with van der Waals surface area (Å²) < 4.78 is 0. The van der Waals surface area contributed by atoms with Gasteiger partial charge in [0.1, 0.15) is 11.6 Å². The van der Waals surface area contributed by atoms with Crippen molar-refractivity contribution < 1.29 is 9.90 Å². The van der Waals surface area contributed by atoms with Crippen molar-refractivity contribution in [2.24, 2.45) is 11.3 Å². The molecule has 0 bridgehead atoms. The molecule has 1 atom stereocenters. The summed E-state index contributed by atoms with van der Waals surface area (Å²) in [5.74, 6) is 1.44. The third-order valence-electron chi connectivity index (χ3n) is 4.75. The van der Waals surface area contributed by atoms with Crippen molar-refractivity contribution in [3.8, 4) is 0 Å². The van der Waals surface area contributed by atoms with E-state index >= 15 is 0 Å². The van der Waals surface area contributed by atoms with Gasteiger partial charge in [0.25, 0.3) is 0 Å². The highest BCUT2D eigenvalue weighted by atomic mass is 16.4. The molecule has 3 rings (SSSR count). The maximum absolute atomic E-state index is 11.1. The van der Waals surface area contributed by atoms with E-state index < -0.39 is 5.97 Å². The minimum atomic E-state index is -0.623. The van der Waals surface area contributed by atoms with Crippen LogP contribution < -0.4 is 4.90 Å². The molecule has 1 aromatic rings. The number of rotatable bonds is 3. The molecule has 2 aliphatic rings. The molecule has 2 fully saturated rings. The second-order valence-electron chi connectivity index (χ2n) is 6.37. The van der Waals surface area contributed by atoms with E-state index in [0.29, 0.717) is 5.92 Å². The van der Waals surface area contributed by atoms with E-state index in [4.69, 9.17) is 5.11 Å². The van der Waals surface area contributed by atoms with Gasteiger partial charge in [-0.1, -0.05) is 13.8 Å². The van der Waals surface area contributed by atoms with Crippen molar-refractivity contribution in [3.05, 3.63) is 18.1 Å². The van der Waals surface area contributed by atoms with E-state index in [0.717, 1.165) is 44.0 Å². The maximum Gasteiger partial charge on any atom is 0.307 e. The van der Waals surface area contributed by atoms with Crippen LogP contribution in [0.25, 0.3) is 0 Å². The molecule has 1 saturated heterocycles. The molecule has 1 aliphatic heterocycles. The van der Waals surface area contributed by atoms with Gasteiger partial charge in [-0.3, -0.25) is 4.79 Å². The van der Waals surface area contributed by atoms with Gasteiger partial charge in [-0.25, -0.2) is 9.97 Å². The summed E-state index contributed by atoms with van der Waals surface area (Å²) in [6.07, 6.45) is 4.60. The molecule has 2 heterocycles. The quantitative estimate of drug-likeness (QED) is 0.916. The Labute approximate surface area is 119 Å². The summed E-state index contributed by atoms with van der Waals surface area (Å²) in [6.45, 7) is 5.98. The molecular weight excluding hydrogens is 254 g/mol. The maximum atomic E-state index is 11.1. The van der Waals surface area contributed by atoms with Gasteiger partial charge in [-0.15, -0.1) is 0 Å². The lowest BCUT2D eigenvalue weighted by atomic mass is 9.91. The number of hydrogen-bond acceptors (Lipinski definition) is 4. The number of hydrogen-bond donors (Lipinski definition) is 1. The van der Waals surface area contributed by atoms with Gasteiger partial charge in [-0.05, 0) is 30.7 Å². The minimum Gasteiger partial charge on any atom is -0.481 e. The summed E-state index contributed by atoms with van der Waals surface area (Å²) in [4.78, 5) is 22.2. The standard InChI is InChI=1S/C15H21N3O2/c1-10(2)13-16-6-3-12(17-13)18-7-4-15(5-8-18)9-11(15)14(19)20/h3,6,10-11H,4-5,7-9H2,1-2H3,(H,19,20)/t11-/m1/s1. The van der Waals surface area contributed by atoms with E-state index in [9.17, 15) is 4.79 Å². The number of aromatic nitrogens is 2. The molecule has 0 radical (unpaired) electrons. The molecule has 1 aromatic heterocycles. The van der Waals surface area contributed by atoms with Crippen LogP contribution in [0.4, 0.5) is 5.82 Å². The van der Waals surface area contributed by atoms with E-state index in [1.807, 2.05) is 12.3 Å². The average molecular weight is 275 g/mol. The van der Waals surface area contributed by atoms with Gasteiger partial charge >= 0.3 is 5.97 Å². The molecule has 5 heteroatoms. The van der Waals surface area contributed by atoms with Crippen LogP contribution in [-0.4, -0.2) is 34.1 Å². The number of aliphatic carboxylic acids is 1. The highest BCUT2D eigenvalue weighted by molar-refractivity contribution is 5.75. The molecule has 0 unspecified atom stereocenters. The summed E-state index contributed by atoms with van der Waals surface area (Å²) in [7, 11) is 0. The highest BCUT2D eigenvalue weighted by Gasteiger charge is 2.58. The van der Waals surface area contributed by atoms with Crippen LogP contribution >= 0.6 is 0 Å². The number of nitrogens with zero attached hydrogens (tertiary/aromatic N) is 3. The van der Waals surface area contributed by atoms with Crippen molar-refractivity contribution in [2.75, 3.05) is 18.0 Å². The van der Waals surface area contributed by atoms with Crippen LogP contribution in [0, 0.1) is 11.3 Å². The third kappa shape index (κ3) is 2.25. The lowest BCUT2D eigenvalue weighted by Gasteiger charge is -2.33. The molecule has 20 heavy (non-hydrogen) atoms. The van der Waals surface area contributed by atoms with Gasteiger partial charge in [0.05, 0.1) is 5.92 Å². The summed E-state index contributed by atoms with van der Waals surface area (Å²) >= 11 is 0. The first kappa shape index (κ1) is 13.3. The fraction of sp³-hybridized carbons (Fsp3) is 0.667. The van der Waals surface area contributed by atoms with Crippen molar-refractivity contribution in [3.63, 3.8) is 0 Å². The molecule has 1 N–H and O–H groups in total. The van der Waals surface area contributed by atoms with Crippen LogP contribution in [0.5, 0.6) is 0 Å². The summed E-state index contributed by atoms with van der Waals surface area (Å²) in [5, 5.41) is 9.12. The largest absolute Gasteiger partial charge is 0.481 e. The molecular formula is C15H21N3O2. The second-order valence-corrected chi connectivity index (χ2v) is 6.37. The van der Waals surface area contributed by atoms with Crippen LogP contribution in [0.2, 0.25) is 0 Å². The Kier molecular flexibility index (Phi) is 3.15. The minimum absolute atomic E-state index is 0.0796. The first-order chi connectivity index (χ1) is 9.52. The SMILES string of the molecule is CC(C)c1nccc(N2CCC3(CC2)C[C@@H]3C(=O)O)n1. The fourth-order valence-corrected chi connectivity index (χ4v) is 3.25. The molecule has 5 nitrogen and oxygen atoms in total. The van der Waals surface area contributed by atoms with Gasteiger partial charge in [-0.2, -0.15) is 0 Å². The first-order valence-electron chi connectivity index (χ1n) is 7.32. The fourth-order valence-electron chi connectivity index (χ4n) is 3.25. The first-order valence-corrected chi connectivity index (χ1v) is 7.32. The van der Waals surface area contributed by atoms with Crippen molar-refractivity contribution in [1.29, 1.82) is 0 Å². The number of anilines is 1. The third-order valence-corrected chi connectivity index (χ3v) is 4.75. The Morgan fingerprint density at radius 2 is 2.15 bits per heavy atom. The van der Waals surface area contributed by atoms with Crippen LogP contribution in [0.1, 0.15) is 44.9 Å². The van der Waals surface area contributed by atoms with E-state index in [2.05, 4.69) is 28.7 Å². The number of carbonyl (C=O) groups is 1. The summed E-state index contributed by atoms with van der Waals surface area (Å²) in [5.41, 5.74) is 0.0796. The lowest BCUT2D eigenvalue weighted by Crippen LogP contribution is -2.36. The zero-order chi connectivity index (χ0) is 14.3. The molecule has 1 spiro atoms. The molecule has 108 valence electrons. The average Bonchev–Trinajstić information content (AvgIpc) is 3.14. The smallest absolute Gasteiger partial charge is 0.307 e. The van der Waals surface area contributed by atoms with Crippen molar-refractivity contribution in [1.82, 2.24) is 9.97 Å². The molecule has 0 amide bonds. The highest BCUT2D eigenvalue weighted by Crippen LogP contribution is 2.59. The van der Waals surface area contributed by atoms with Crippen molar-refractivity contribution >= 4 is 11.8 Å². The van der Waals surface area contributed by atoms with E-state index in [-0.39, 0.29) is 11.3 Å². The van der Waals surface area contributed by atoms with Crippen molar-refractivity contribution in [2.45, 2.75) is 39.0 Å². The Morgan fingerprint density at radius 1 is 1.45 bits per heavy atom.